The van der Waals surface area contributed by atoms with Crippen LogP contribution in [0.2, 0.25) is 0 Å². The van der Waals surface area contributed by atoms with E-state index in [-0.39, 0.29) is 17.5 Å². The molecule has 0 unspecified atom stereocenters. The Morgan fingerprint density at radius 2 is 1.86 bits per heavy atom. The smallest absolute Gasteiger partial charge is 0.308 e. The molecule has 1 saturated carbocycles. The third-order valence-electron chi connectivity index (χ3n) is 3.20. The maximum absolute atomic E-state index is 11.6. The zero-order valence-corrected chi connectivity index (χ0v) is 9.64. The summed E-state index contributed by atoms with van der Waals surface area (Å²) in [6, 6.07) is 0. The zero-order chi connectivity index (χ0) is 10.6. The van der Waals surface area contributed by atoms with E-state index in [2.05, 4.69) is 6.92 Å². The van der Waals surface area contributed by atoms with E-state index in [9.17, 15) is 4.79 Å². The van der Waals surface area contributed by atoms with Crippen LogP contribution < -0.4 is 0 Å². The van der Waals surface area contributed by atoms with Crippen LogP contribution in [0.1, 0.15) is 59.3 Å². The molecule has 0 saturated heterocycles. The molecule has 1 aliphatic rings. The van der Waals surface area contributed by atoms with Crippen molar-refractivity contribution in [3.05, 3.63) is 0 Å². The third kappa shape index (κ3) is 2.73. The average Bonchev–Trinajstić information content (AvgIpc) is 2.19. The molecule has 0 atom stereocenters. The summed E-state index contributed by atoms with van der Waals surface area (Å²) < 4.78 is 5.65. The molecule has 1 fully saturated rings. The molecule has 0 spiro atoms. The first-order chi connectivity index (χ1) is 6.59. The van der Waals surface area contributed by atoms with Crippen LogP contribution in [0.15, 0.2) is 0 Å². The van der Waals surface area contributed by atoms with Crippen LogP contribution >= 0.6 is 0 Å². The number of carbonyl (C=O) groups is 1. The van der Waals surface area contributed by atoms with E-state index in [0.29, 0.717) is 0 Å². The van der Waals surface area contributed by atoms with Gasteiger partial charge < -0.3 is 4.74 Å². The maximum atomic E-state index is 11.6. The standard InChI is InChI=1S/C12H22O2/c1-4-12(8-6-5-7-9-12)14-11(13)10(2)3/h10H,4-9H2,1-3H3. The fourth-order valence-electron chi connectivity index (χ4n) is 2.06. The summed E-state index contributed by atoms with van der Waals surface area (Å²) in [5.41, 5.74) is -0.125. The van der Waals surface area contributed by atoms with Gasteiger partial charge in [0.05, 0.1) is 5.92 Å². The van der Waals surface area contributed by atoms with Crippen molar-refractivity contribution in [2.45, 2.75) is 64.9 Å². The Hall–Kier alpha value is -0.530. The van der Waals surface area contributed by atoms with Gasteiger partial charge in [-0.1, -0.05) is 27.2 Å². The largest absolute Gasteiger partial charge is 0.459 e. The number of carbonyl (C=O) groups excluding carboxylic acids is 1. The van der Waals surface area contributed by atoms with Gasteiger partial charge in [-0.05, 0) is 32.1 Å². The third-order valence-corrected chi connectivity index (χ3v) is 3.20. The lowest BCUT2D eigenvalue weighted by Gasteiger charge is -2.36. The van der Waals surface area contributed by atoms with E-state index in [0.717, 1.165) is 19.3 Å². The van der Waals surface area contributed by atoms with E-state index < -0.39 is 0 Å². The summed E-state index contributed by atoms with van der Waals surface area (Å²) in [6.07, 6.45) is 6.79. The Morgan fingerprint density at radius 1 is 1.29 bits per heavy atom. The Morgan fingerprint density at radius 3 is 2.29 bits per heavy atom. The first-order valence-corrected chi connectivity index (χ1v) is 5.82. The van der Waals surface area contributed by atoms with Gasteiger partial charge in [0.15, 0.2) is 0 Å². The van der Waals surface area contributed by atoms with Gasteiger partial charge in [0.2, 0.25) is 0 Å². The van der Waals surface area contributed by atoms with Crippen molar-refractivity contribution in [2.75, 3.05) is 0 Å². The second-order valence-electron chi connectivity index (χ2n) is 4.67. The Kier molecular flexibility index (Phi) is 3.97. The summed E-state index contributed by atoms with van der Waals surface area (Å²) in [7, 11) is 0. The minimum atomic E-state index is -0.125. The number of hydrogen-bond donors (Lipinski definition) is 0. The summed E-state index contributed by atoms with van der Waals surface area (Å²) in [6.45, 7) is 5.92. The van der Waals surface area contributed by atoms with Crippen LogP contribution in [0.4, 0.5) is 0 Å². The molecule has 2 nitrogen and oxygen atoms in total. The minimum Gasteiger partial charge on any atom is -0.459 e. The molecule has 0 N–H and O–H groups in total. The zero-order valence-electron chi connectivity index (χ0n) is 9.64. The van der Waals surface area contributed by atoms with Gasteiger partial charge in [-0.3, -0.25) is 4.79 Å². The summed E-state index contributed by atoms with van der Waals surface area (Å²) in [5, 5.41) is 0. The van der Waals surface area contributed by atoms with Crippen LogP contribution in [0, 0.1) is 5.92 Å². The van der Waals surface area contributed by atoms with Crippen molar-refractivity contribution in [1.82, 2.24) is 0 Å². The monoisotopic (exact) mass is 198 g/mol. The molecule has 14 heavy (non-hydrogen) atoms. The Balaban J connectivity index is 2.56. The highest BCUT2D eigenvalue weighted by Gasteiger charge is 2.34. The van der Waals surface area contributed by atoms with Gasteiger partial charge in [0.1, 0.15) is 5.60 Å². The van der Waals surface area contributed by atoms with E-state index >= 15 is 0 Å². The lowest BCUT2D eigenvalue weighted by molar-refractivity contribution is -0.167. The van der Waals surface area contributed by atoms with Crippen LogP contribution in [-0.4, -0.2) is 11.6 Å². The molecule has 2 heteroatoms. The van der Waals surface area contributed by atoms with Crippen molar-refractivity contribution in [3.8, 4) is 0 Å². The van der Waals surface area contributed by atoms with Crippen molar-refractivity contribution in [1.29, 1.82) is 0 Å². The van der Waals surface area contributed by atoms with E-state index in [1.165, 1.54) is 19.3 Å². The van der Waals surface area contributed by atoms with Crippen LogP contribution in [0.25, 0.3) is 0 Å². The molecule has 0 aromatic rings. The molecule has 0 aliphatic heterocycles. The highest BCUT2D eigenvalue weighted by Crippen LogP contribution is 2.34. The fourth-order valence-corrected chi connectivity index (χ4v) is 2.06. The fraction of sp³-hybridized carbons (Fsp3) is 0.917. The van der Waals surface area contributed by atoms with Gasteiger partial charge in [-0.15, -0.1) is 0 Å². The van der Waals surface area contributed by atoms with Gasteiger partial charge >= 0.3 is 5.97 Å². The molecular weight excluding hydrogens is 176 g/mol. The molecule has 0 aromatic heterocycles. The maximum Gasteiger partial charge on any atom is 0.308 e. The highest BCUT2D eigenvalue weighted by molar-refractivity contribution is 5.72. The summed E-state index contributed by atoms with van der Waals surface area (Å²) in [4.78, 5) is 11.6. The average molecular weight is 198 g/mol. The predicted octanol–water partition coefficient (Wildman–Crippen LogP) is 3.30. The molecule has 1 aliphatic carbocycles. The number of esters is 1. The second kappa shape index (κ2) is 4.81. The van der Waals surface area contributed by atoms with E-state index in [1.54, 1.807) is 0 Å². The molecule has 0 bridgehead atoms. The Bertz CT molecular complexity index is 190. The van der Waals surface area contributed by atoms with Gasteiger partial charge in [0, 0.05) is 0 Å². The number of hydrogen-bond acceptors (Lipinski definition) is 2. The first-order valence-electron chi connectivity index (χ1n) is 5.82. The Labute approximate surface area is 87.0 Å². The van der Waals surface area contributed by atoms with E-state index in [4.69, 9.17) is 4.74 Å². The van der Waals surface area contributed by atoms with Crippen LogP contribution in [0.3, 0.4) is 0 Å². The minimum absolute atomic E-state index is 0.000325. The molecule has 0 radical (unpaired) electrons. The second-order valence-corrected chi connectivity index (χ2v) is 4.67. The molecule has 0 aromatic carbocycles. The van der Waals surface area contributed by atoms with E-state index in [1.807, 2.05) is 13.8 Å². The molecular formula is C12H22O2. The predicted molar refractivity (Wildman–Crippen MR) is 57.0 cm³/mol. The quantitative estimate of drug-likeness (QED) is 0.650. The van der Waals surface area contributed by atoms with Crippen molar-refractivity contribution in [3.63, 3.8) is 0 Å². The summed E-state index contributed by atoms with van der Waals surface area (Å²) >= 11 is 0. The van der Waals surface area contributed by atoms with Crippen LogP contribution in [-0.2, 0) is 9.53 Å². The summed E-state index contributed by atoms with van der Waals surface area (Å²) in [5.74, 6) is -0.0332. The number of ether oxygens (including phenoxy) is 1. The number of rotatable bonds is 3. The first kappa shape index (κ1) is 11.5. The highest BCUT2D eigenvalue weighted by atomic mass is 16.6. The topological polar surface area (TPSA) is 26.3 Å². The lowest BCUT2D eigenvalue weighted by Crippen LogP contribution is -2.37. The van der Waals surface area contributed by atoms with Gasteiger partial charge in [0.25, 0.3) is 0 Å². The molecule has 82 valence electrons. The molecule has 0 amide bonds. The normalized spacial score (nSPS) is 20.9. The van der Waals surface area contributed by atoms with Gasteiger partial charge in [-0.2, -0.15) is 0 Å². The van der Waals surface area contributed by atoms with Crippen molar-refractivity contribution in [2.24, 2.45) is 5.92 Å². The molecule has 1 rings (SSSR count). The SMILES string of the molecule is CCC1(OC(=O)C(C)C)CCCCC1. The van der Waals surface area contributed by atoms with Gasteiger partial charge in [-0.25, -0.2) is 0 Å². The van der Waals surface area contributed by atoms with Crippen molar-refractivity contribution >= 4 is 5.97 Å². The van der Waals surface area contributed by atoms with Crippen molar-refractivity contribution < 1.29 is 9.53 Å². The lowest BCUT2D eigenvalue weighted by atomic mass is 9.82. The molecule has 0 heterocycles. The van der Waals surface area contributed by atoms with Crippen LogP contribution in [0.5, 0.6) is 0 Å².